The normalized spacial score (nSPS) is 17.9. The Kier molecular flexibility index (Phi) is 6.59. The zero-order valence-electron chi connectivity index (χ0n) is 16.9. The first kappa shape index (κ1) is 20.7. The summed E-state index contributed by atoms with van der Waals surface area (Å²) in [6.45, 7) is 4.32. The summed E-state index contributed by atoms with van der Waals surface area (Å²) in [5.74, 6) is -0.856. The Labute approximate surface area is 179 Å². The van der Waals surface area contributed by atoms with E-state index < -0.39 is 5.97 Å². The molecule has 2 aliphatic rings. The highest BCUT2D eigenvalue weighted by molar-refractivity contribution is 7.15. The Bertz CT molecular complexity index is 871. The topological polar surface area (TPSA) is 98.7 Å². The van der Waals surface area contributed by atoms with Crippen LogP contribution in [0.3, 0.4) is 0 Å². The van der Waals surface area contributed by atoms with E-state index in [1.165, 1.54) is 24.2 Å². The number of aromatic carboxylic acids is 1. The number of nitrogens with one attached hydrogen (secondary N) is 1. The van der Waals surface area contributed by atoms with Gasteiger partial charge in [0, 0.05) is 38.8 Å². The van der Waals surface area contributed by atoms with Crippen LogP contribution in [-0.2, 0) is 17.8 Å². The second-order valence-electron chi connectivity index (χ2n) is 7.97. The Morgan fingerprint density at radius 1 is 1.07 bits per heavy atom. The van der Waals surface area contributed by atoms with Crippen LogP contribution in [0.2, 0.25) is 0 Å². The first-order valence-electron chi connectivity index (χ1n) is 10.5. The summed E-state index contributed by atoms with van der Waals surface area (Å²) >= 11 is 1.50. The number of carbonyl (C=O) groups is 2. The third kappa shape index (κ3) is 5.34. The molecule has 0 unspecified atom stereocenters. The van der Waals surface area contributed by atoms with Gasteiger partial charge in [-0.25, -0.2) is 4.79 Å². The molecule has 1 aliphatic carbocycles. The minimum atomic E-state index is -0.900. The summed E-state index contributed by atoms with van der Waals surface area (Å²) in [4.78, 5) is 27.7. The molecule has 1 aromatic heterocycles. The number of nitrogens with zero attached hydrogens (tertiary/aromatic N) is 4. The van der Waals surface area contributed by atoms with Crippen molar-refractivity contribution in [2.45, 2.75) is 44.7 Å². The van der Waals surface area contributed by atoms with Gasteiger partial charge >= 0.3 is 5.97 Å². The van der Waals surface area contributed by atoms with Crippen LogP contribution in [0.25, 0.3) is 0 Å². The van der Waals surface area contributed by atoms with Crippen LogP contribution < -0.4 is 10.2 Å². The first-order valence-corrected chi connectivity index (χ1v) is 11.3. The summed E-state index contributed by atoms with van der Waals surface area (Å²) in [5, 5.41) is 22.3. The van der Waals surface area contributed by atoms with Crippen molar-refractivity contribution >= 4 is 28.3 Å². The van der Waals surface area contributed by atoms with Gasteiger partial charge in [0.15, 0.2) is 0 Å². The van der Waals surface area contributed by atoms with Crippen molar-refractivity contribution < 1.29 is 14.7 Å². The number of hydrogen-bond donors (Lipinski definition) is 2. The fourth-order valence-electron chi connectivity index (χ4n) is 4.04. The Balaban J connectivity index is 1.24. The Morgan fingerprint density at radius 3 is 2.43 bits per heavy atom. The zero-order valence-corrected chi connectivity index (χ0v) is 17.7. The van der Waals surface area contributed by atoms with Crippen LogP contribution in [0.5, 0.6) is 0 Å². The second kappa shape index (κ2) is 9.53. The molecule has 0 radical (unpaired) electrons. The third-order valence-corrected chi connectivity index (χ3v) is 6.72. The molecule has 2 N–H and O–H groups in total. The zero-order chi connectivity index (χ0) is 20.9. The summed E-state index contributed by atoms with van der Waals surface area (Å²) in [6.07, 6.45) is 4.88. The molecule has 1 aliphatic heterocycles. The number of aromatic nitrogens is 2. The number of amides is 1. The van der Waals surface area contributed by atoms with Gasteiger partial charge < -0.3 is 15.3 Å². The molecule has 2 heterocycles. The largest absolute Gasteiger partial charge is 0.478 e. The van der Waals surface area contributed by atoms with Crippen molar-refractivity contribution in [2.24, 2.45) is 0 Å². The SMILES string of the molecule is O=C(Cc1nnc(N2CCN(Cc3ccc(C(=O)O)cc3)CC2)s1)NC1CCCC1. The van der Waals surface area contributed by atoms with E-state index in [9.17, 15) is 9.59 Å². The minimum absolute atomic E-state index is 0.0448. The quantitative estimate of drug-likeness (QED) is 0.696. The van der Waals surface area contributed by atoms with Gasteiger partial charge in [0.1, 0.15) is 5.01 Å². The van der Waals surface area contributed by atoms with Gasteiger partial charge in [0.25, 0.3) is 0 Å². The fraction of sp³-hybridized carbons (Fsp3) is 0.524. The molecule has 30 heavy (non-hydrogen) atoms. The lowest BCUT2D eigenvalue weighted by atomic mass is 10.1. The van der Waals surface area contributed by atoms with Crippen LogP contribution in [0.1, 0.15) is 46.6 Å². The van der Waals surface area contributed by atoms with Crippen molar-refractivity contribution in [3.8, 4) is 0 Å². The van der Waals surface area contributed by atoms with Crippen LogP contribution in [0.15, 0.2) is 24.3 Å². The maximum absolute atomic E-state index is 12.2. The van der Waals surface area contributed by atoms with E-state index in [2.05, 4.69) is 25.3 Å². The summed E-state index contributed by atoms with van der Waals surface area (Å²) in [7, 11) is 0. The minimum Gasteiger partial charge on any atom is -0.478 e. The molecule has 2 fully saturated rings. The van der Waals surface area contributed by atoms with Crippen molar-refractivity contribution in [1.29, 1.82) is 0 Å². The summed E-state index contributed by atoms with van der Waals surface area (Å²) in [6, 6.07) is 7.39. The Morgan fingerprint density at radius 2 is 1.77 bits per heavy atom. The molecule has 1 amide bonds. The highest BCUT2D eigenvalue weighted by Gasteiger charge is 2.22. The maximum Gasteiger partial charge on any atom is 0.335 e. The van der Waals surface area contributed by atoms with Crippen LogP contribution in [-0.4, -0.2) is 64.3 Å². The highest BCUT2D eigenvalue weighted by Crippen LogP contribution is 2.23. The van der Waals surface area contributed by atoms with Crippen molar-refractivity contribution in [3.63, 3.8) is 0 Å². The molecule has 9 heteroatoms. The first-order chi connectivity index (χ1) is 14.6. The summed E-state index contributed by atoms with van der Waals surface area (Å²) < 4.78 is 0. The van der Waals surface area contributed by atoms with Gasteiger partial charge in [-0.2, -0.15) is 0 Å². The lowest BCUT2D eigenvalue weighted by molar-refractivity contribution is -0.121. The molecule has 2 aromatic rings. The van der Waals surface area contributed by atoms with E-state index in [1.54, 1.807) is 12.1 Å². The number of carboxylic acid groups (broad SMARTS) is 1. The predicted molar refractivity (Wildman–Crippen MR) is 115 cm³/mol. The lowest BCUT2D eigenvalue weighted by Gasteiger charge is -2.34. The molecule has 8 nitrogen and oxygen atoms in total. The molecule has 1 aromatic carbocycles. The number of carboxylic acids is 1. The van der Waals surface area contributed by atoms with Gasteiger partial charge in [-0.05, 0) is 30.5 Å². The standard InChI is InChI=1S/C21H27N5O3S/c27-18(22-17-3-1-2-4-17)13-19-23-24-21(30-19)26-11-9-25(10-12-26)14-15-5-7-16(8-6-15)20(28)29/h5-8,17H,1-4,9-14H2,(H,22,27)(H,28,29). The lowest BCUT2D eigenvalue weighted by Crippen LogP contribution is -2.45. The van der Waals surface area contributed by atoms with Gasteiger partial charge in [0.2, 0.25) is 11.0 Å². The molecule has 4 rings (SSSR count). The van der Waals surface area contributed by atoms with Gasteiger partial charge in [0.05, 0.1) is 12.0 Å². The number of piperazine rings is 1. The smallest absolute Gasteiger partial charge is 0.335 e. The van der Waals surface area contributed by atoms with E-state index >= 15 is 0 Å². The van der Waals surface area contributed by atoms with Gasteiger partial charge in [-0.15, -0.1) is 10.2 Å². The van der Waals surface area contributed by atoms with E-state index in [0.717, 1.165) is 61.3 Å². The monoisotopic (exact) mass is 429 g/mol. The number of carbonyl (C=O) groups excluding carboxylic acids is 1. The molecule has 0 atom stereocenters. The molecular weight excluding hydrogens is 402 g/mol. The van der Waals surface area contributed by atoms with Crippen molar-refractivity contribution in [3.05, 3.63) is 40.4 Å². The van der Waals surface area contributed by atoms with Crippen LogP contribution in [0, 0.1) is 0 Å². The van der Waals surface area contributed by atoms with Crippen LogP contribution in [0.4, 0.5) is 5.13 Å². The summed E-state index contributed by atoms with van der Waals surface area (Å²) in [5.41, 5.74) is 1.42. The number of anilines is 1. The average molecular weight is 430 g/mol. The third-order valence-electron chi connectivity index (χ3n) is 5.74. The number of rotatable bonds is 7. The highest BCUT2D eigenvalue weighted by atomic mass is 32.1. The van der Waals surface area contributed by atoms with E-state index in [0.29, 0.717) is 18.0 Å². The van der Waals surface area contributed by atoms with Gasteiger partial charge in [-0.3, -0.25) is 9.69 Å². The molecule has 0 bridgehead atoms. The van der Waals surface area contributed by atoms with Gasteiger partial charge in [-0.1, -0.05) is 36.3 Å². The second-order valence-corrected chi connectivity index (χ2v) is 9.01. The number of hydrogen-bond acceptors (Lipinski definition) is 7. The van der Waals surface area contributed by atoms with Crippen molar-refractivity contribution in [1.82, 2.24) is 20.4 Å². The Hall–Kier alpha value is -2.52. The molecule has 0 spiro atoms. The fourth-order valence-corrected chi connectivity index (χ4v) is 4.93. The molecule has 1 saturated carbocycles. The molecular formula is C21H27N5O3S. The molecule has 1 saturated heterocycles. The average Bonchev–Trinajstić information content (AvgIpc) is 3.41. The predicted octanol–water partition coefficient (Wildman–Crippen LogP) is 2.16. The van der Waals surface area contributed by atoms with E-state index in [-0.39, 0.29) is 5.91 Å². The van der Waals surface area contributed by atoms with E-state index in [1.807, 2.05) is 12.1 Å². The van der Waals surface area contributed by atoms with Crippen molar-refractivity contribution in [2.75, 3.05) is 31.1 Å². The maximum atomic E-state index is 12.2. The van der Waals surface area contributed by atoms with Crippen LogP contribution >= 0.6 is 11.3 Å². The molecule has 160 valence electrons. The van der Waals surface area contributed by atoms with E-state index in [4.69, 9.17) is 5.11 Å². The number of benzene rings is 1.